The number of hydrogen-bond acceptors (Lipinski definition) is 6. The third-order valence-electron chi connectivity index (χ3n) is 2.24. The van der Waals surface area contributed by atoms with Crippen LogP contribution in [0.15, 0.2) is 0 Å². The normalized spacial score (nSPS) is 35.9. The number of aliphatic hydroxyl groups is 2. The zero-order valence-corrected chi connectivity index (χ0v) is 11.2. The van der Waals surface area contributed by atoms with Crippen molar-refractivity contribution in [2.75, 3.05) is 20.7 Å². The SMILES string of the molecule is CN(C)C1OC(COP(=O)(Cl)Cl)C(O)C1O. The van der Waals surface area contributed by atoms with Crippen LogP contribution in [0.4, 0.5) is 0 Å². The number of hydrogen-bond donors (Lipinski definition) is 2. The summed E-state index contributed by atoms with van der Waals surface area (Å²) in [4.78, 5) is 1.61. The van der Waals surface area contributed by atoms with E-state index in [1.54, 1.807) is 19.0 Å². The van der Waals surface area contributed by atoms with Crippen molar-refractivity contribution < 1.29 is 24.0 Å². The van der Waals surface area contributed by atoms with Crippen LogP contribution >= 0.6 is 28.6 Å². The van der Waals surface area contributed by atoms with Gasteiger partial charge in [0, 0.05) is 0 Å². The van der Waals surface area contributed by atoms with Crippen LogP contribution in [0.25, 0.3) is 0 Å². The van der Waals surface area contributed by atoms with E-state index in [0.717, 1.165) is 0 Å². The maximum Gasteiger partial charge on any atom is 0.380 e. The van der Waals surface area contributed by atoms with Crippen LogP contribution in [0, 0.1) is 0 Å². The van der Waals surface area contributed by atoms with Crippen LogP contribution < -0.4 is 0 Å². The molecule has 0 aromatic rings. The summed E-state index contributed by atoms with van der Waals surface area (Å²) in [6, 6.07) is 0. The lowest BCUT2D eigenvalue weighted by atomic mass is 10.1. The minimum atomic E-state index is -3.65. The predicted molar refractivity (Wildman–Crippen MR) is 59.6 cm³/mol. The molecule has 1 heterocycles. The van der Waals surface area contributed by atoms with Gasteiger partial charge in [-0.15, -0.1) is 0 Å². The number of ether oxygens (including phenoxy) is 1. The maximum absolute atomic E-state index is 10.9. The highest BCUT2D eigenvalue weighted by Crippen LogP contribution is 2.57. The molecule has 2 N–H and O–H groups in total. The molecule has 0 aromatic carbocycles. The Labute approximate surface area is 103 Å². The van der Waals surface area contributed by atoms with Gasteiger partial charge < -0.3 is 19.5 Å². The molecule has 1 saturated heterocycles. The molecule has 0 bridgehead atoms. The van der Waals surface area contributed by atoms with Crippen molar-refractivity contribution in [3.05, 3.63) is 0 Å². The van der Waals surface area contributed by atoms with Crippen LogP contribution in [0.5, 0.6) is 0 Å². The van der Waals surface area contributed by atoms with E-state index in [0.29, 0.717) is 0 Å². The summed E-state index contributed by atoms with van der Waals surface area (Å²) in [6.07, 6.45) is -7.30. The maximum atomic E-state index is 10.9. The van der Waals surface area contributed by atoms with Gasteiger partial charge in [-0.25, -0.2) is 0 Å². The topological polar surface area (TPSA) is 79.2 Å². The van der Waals surface area contributed by atoms with Gasteiger partial charge in [-0.3, -0.25) is 9.46 Å². The Hall–Kier alpha value is 0.610. The molecule has 0 amide bonds. The van der Waals surface area contributed by atoms with E-state index >= 15 is 0 Å². The lowest BCUT2D eigenvalue weighted by Gasteiger charge is -2.21. The highest BCUT2D eigenvalue weighted by Gasteiger charge is 2.44. The molecule has 0 aromatic heterocycles. The van der Waals surface area contributed by atoms with E-state index in [2.05, 4.69) is 4.52 Å². The predicted octanol–water partition coefficient (Wildman–Crippen LogP) is 0.597. The molecule has 1 aliphatic rings. The smallest absolute Gasteiger partial charge is 0.380 e. The van der Waals surface area contributed by atoms with Crippen LogP contribution in [0.1, 0.15) is 0 Å². The van der Waals surface area contributed by atoms with Crippen molar-refractivity contribution in [1.82, 2.24) is 4.90 Å². The zero-order chi connectivity index (χ0) is 12.5. The van der Waals surface area contributed by atoms with Gasteiger partial charge in [-0.2, -0.15) is 0 Å². The highest BCUT2D eigenvalue weighted by molar-refractivity contribution is 8.05. The largest absolute Gasteiger partial charge is 0.387 e. The van der Waals surface area contributed by atoms with Gasteiger partial charge in [0.1, 0.15) is 24.5 Å². The minimum absolute atomic E-state index is 0.243. The summed E-state index contributed by atoms with van der Waals surface area (Å²) in [6.45, 7) is -0.243. The van der Waals surface area contributed by atoms with Crippen molar-refractivity contribution in [3.63, 3.8) is 0 Å². The average molecular weight is 294 g/mol. The first kappa shape index (κ1) is 14.7. The fourth-order valence-electron chi connectivity index (χ4n) is 1.45. The molecular formula is C7H14Cl2NO5P. The molecule has 4 atom stereocenters. The molecule has 0 radical (unpaired) electrons. The van der Waals surface area contributed by atoms with Gasteiger partial charge in [0.05, 0.1) is 6.61 Å². The zero-order valence-electron chi connectivity index (χ0n) is 8.79. The summed E-state index contributed by atoms with van der Waals surface area (Å²) < 4.78 is 20.8. The fourth-order valence-corrected chi connectivity index (χ4v) is 2.11. The van der Waals surface area contributed by atoms with Crippen molar-refractivity contribution in [1.29, 1.82) is 0 Å². The number of likely N-dealkylation sites (N-methyl/N-ethyl adjacent to an activating group) is 1. The first-order chi connectivity index (χ1) is 7.22. The van der Waals surface area contributed by atoms with Crippen LogP contribution in [-0.2, 0) is 13.8 Å². The quantitative estimate of drug-likeness (QED) is 0.739. The molecule has 0 aliphatic carbocycles. The van der Waals surface area contributed by atoms with Crippen molar-refractivity contribution in [2.24, 2.45) is 0 Å². The standard InChI is InChI=1S/C7H14Cl2NO5P/c1-10(2)7-6(12)5(11)4(15-7)3-14-16(8,9)13/h4-7,11-12H,3H2,1-2H3. The Morgan fingerprint density at radius 1 is 1.38 bits per heavy atom. The second-order valence-electron chi connectivity index (χ2n) is 3.72. The molecule has 6 nitrogen and oxygen atoms in total. The van der Waals surface area contributed by atoms with E-state index in [1.807, 2.05) is 0 Å². The molecule has 4 unspecified atom stereocenters. The van der Waals surface area contributed by atoms with E-state index < -0.39 is 30.6 Å². The van der Waals surface area contributed by atoms with Gasteiger partial charge >= 0.3 is 6.07 Å². The number of halogens is 2. The first-order valence-corrected chi connectivity index (χ1v) is 7.98. The van der Waals surface area contributed by atoms with Gasteiger partial charge in [0.15, 0.2) is 0 Å². The molecule has 1 fully saturated rings. The van der Waals surface area contributed by atoms with Crippen molar-refractivity contribution in [3.8, 4) is 0 Å². The molecular weight excluding hydrogens is 280 g/mol. The summed E-state index contributed by atoms with van der Waals surface area (Å²) in [5.41, 5.74) is 0. The van der Waals surface area contributed by atoms with E-state index in [-0.39, 0.29) is 6.61 Å². The lowest BCUT2D eigenvalue weighted by molar-refractivity contribution is -0.0760. The second kappa shape index (κ2) is 5.50. The summed E-state index contributed by atoms with van der Waals surface area (Å²) in [5.74, 6) is 0. The summed E-state index contributed by atoms with van der Waals surface area (Å²) >= 11 is 10.4. The molecule has 96 valence electrons. The Bertz CT molecular complexity index is 286. The molecule has 0 saturated carbocycles. The fraction of sp³-hybridized carbons (Fsp3) is 1.00. The van der Waals surface area contributed by atoms with Gasteiger partial charge in [0.25, 0.3) is 0 Å². The molecule has 9 heteroatoms. The number of aliphatic hydroxyl groups excluding tert-OH is 2. The van der Waals surface area contributed by atoms with Crippen LogP contribution in [0.2, 0.25) is 0 Å². The Morgan fingerprint density at radius 2 is 1.94 bits per heavy atom. The molecule has 16 heavy (non-hydrogen) atoms. The lowest BCUT2D eigenvalue weighted by Crippen LogP contribution is -2.40. The van der Waals surface area contributed by atoms with Crippen LogP contribution in [-0.4, -0.2) is 60.4 Å². The van der Waals surface area contributed by atoms with Crippen molar-refractivity contribution >= 4 is 28.6 Å². The Morgan fingerprint density at radius 3 is 2.31 bits per heavy atom. The third-order valence-corrected chi connectivity index (χ3v) is 3.27. The second-order valence-corrected chi connectivity index (χ2v) is 8.00. The first-order valence-electron chi connectivity index (χ1n) is 4.54. The summed E-state index contributed by atoms with van der Waals surface area (Å²) in [5, 5.41) is 19.2. The van der Waals surface area contributed by atoms with Gasteiger partial charge in [-0.05, 0) is 36.6 Å². The average Bonchev–Trinajstić information content (AvgIpc) is 2.40. The third kappa shape index (κ3) is 3.82. The minimum Gasteiger partial charge on any atom is -0.387 e. The van der Waals surface area contributed by atoms with E-state index in [1.165, 1.54) is 0 Å². The van der Waals surface area contributed by atoms with Gasteiger partial charge in [-0.1, -0.05) is 0 Å². The van der Waals surface area contributed by atoms with Crippen molar-refractivity contribution in [2.45, 2.75) is 24.5 Å². The Kier molecular flexibility index (Phi) is 5.04. The highest BCUT2D eigenvalue weighted by atomic mass is 35.9. The van der Waals surface area contributed by atoms with E-state index in [4.69, 9.17) is 27.2 Å². The van der Waals surface area contributed by atoms with E-state index in [9.17, 15) is 14.8 Å². The summed E-state index contributed by atoms with van der Waals surface area (Å²) in [7, 11) is 3.38. The monoisotopic (exact) mass is 293 g/mol. The van der Waals surface area contributed by atoms with Gasteiger partial charge in [0.2, 0.25) is 0 Å². The number of rotatable bonds is 4. The molecule has 0 spiro atoms. The van der Waals surface area contributed by atoms with Crippen LogP contribution in [0.3, 0.4) is 0 Å². The molecule has 1 rings (SSSR count). The Balaban J connectivity index is 2.54. The molecule has 1 aliphatic heterocycles. The number of nitrogens with zero attached hydrogens (tertiary/aromatic N) is 1.